The molecule has 0 spiro atoms. The van der Waals surface area contributed by atoms with Gasteiger partial charge in [-0.3, -0.25) is 9.59 Å². The fourth-order valence-electron chi connectivity index (χ4n) is 4.84. The maximum atomic E-state index is 13.0. The Hall–Kier alpha value is -1.70. The highest BCUT2D eigenvalue weighted by Gasteiger charge is 2.66. The number of benzene rings is 1. The second-order valence-corrected chi connectivity index (χ2v) is 8.87. The molecule has 1 saturated carbocycles. The number of hydrogen-bond acceptors (Lipinski definition) is 2. The lowest BCUT2D eigenvalue weighted by Crippen LogP contribution is -2.48. The van der Waals surface area contributed by atoms with E-state index in [2.05, 4.69) is 58.9 Å². The molecule has 2 aliphatic rings. The van der Waals surface area contributed by atoms with E-state index in [4.69, 9.17) is 0 Å². The van der Waals surface area contributed by atoms with Crippen LogP contribution in [0.1, 0.15) is 64.2 Å². The second kappa shape index (κ2) is 5.15. The van der Waals surface area contributed by atoms with Crippen LogP contribution in [0.3, 0.4) is 0 Å². The van der Waals surface area contributed by atoms with Crippen LogP contribution in [-0.4, -0.2) is 11.6 Å². The van der Waals surface area contributed by atoms with Gasteiger partial charge < -0.3 is 0 Å². The van der Waals surface area contributed by atoms with Crippen LogP contribution in [0.25, 0.3) is 6.08 Å². The molecule has 0 amide bonds. The largest absolute Gasteiger partial charge is 0.299 e. The molecule has 1 atom stereocenters. The van der Waals surface area contributed by atoms with Crippen molar-refractivity contribution in [1.29, 1.82) is 0 Å². The third kappa shape index (κ3) is 2.08. The third-order valence-corrected chi connectivity index (χ3v) is 7.11. The summed E-state index contributed by atoms with van der Waals surface area (Å²) in [5.41, 5.74) is 3.65. The molecule has 1 fully saturated rings. The summed E-state index contributed by atoms with van der Waals surface area (Å²) < 4.78 is 0. The molecule has 128 valence electrons. The molecule has 0 bridgehead atoms. The zero-order valence-corrected chi connectivity index (χ0v) is 15.7. The number of carbonyl (C=O) groups is 2. The van der Waals surface area contributed by atoms with Crippen LogP contribution >= 0.6 is 0 Å². The molecule has 0 aliphatic heterocycles. The average Bonchev–Trinajstić information content (AvgIpc) is 2.91. The molecule has 1 aromatic rings. The van der Waals surface area contributed by atoms with Crippen molar-refractivity contribution in [3.63, 3.8) is 0 Å². The SMILES string of the molecule is CC(=O)C1(CC2=Cc3c(C)cccc3C2)C(=O)CC(C)(C)C1(C)C. The Morgan fingerprint density at radius 3 is 2.33 bits per heavy atom. The molecule has 0 heterocycles. The molecule has 2 nitrogen and oxygen atoms in total. The van der Waals surface area contributed by atoms with Crippen molar-refractivity contribution in [1.82, 2.24) is 0 Å². The van der Waals surface area contributed by atoms with Gasteiger partial charge in [0.1, 0.15) is 11.6 Å². The maximum absolute atomic E-state index is 13.0. The van der Waals surface area contributed by atoms with Gasteiger partial charge in [-0.25, -0.2) is 0 Å². The van der Waals surface area contributed by atoms with Crippen molar-refractivity contribution in [3.8, 4) is 0 Å². The molecule has 3 rings (SSSR count). The number of Topliss-reactive ketones (excluding diaryl/α,β-unsaturated/α-hetero) is 2. The summed E-state index contributed by atoms with van der Waals surface area (Å²) in [4.78, 5) is 25.8. The second-order valence-electron chi connectivity index (χ2n) is 8.87. The standard InChI is InChI=1S/C22H28O2/c1-14-8-7-9-17-10-16(11-18(14)17)12-22(15(2)23)19(24)13-20(3,4)21(22,5)6/h7-9,11H,10,12-13H2,1-6H3. The number of hydrogen-bond donors (Lipinski definition) is 0. The number of aryl methyl sites for hydroxylation is 1. The lowest BCUT2D eigenvalue weighted by molar-refractivity contribution is -0.144. The highest BCUT2D eigenvalue weighted by molar-refractivity contribution is 6.09. The van der Waals surface area contributed by atoms with Gasteiger partial charge in [0.2, 0.25) is 0 Å². The van der Waals surface area contributed by atoms with Crippen LogP contribution < -0.4 is 0 Å². The maximum Gasteiger partial charge on any atom is 0.147 e. The van der Waals surface area contributed by atoms with E-state index < -0.39 is 5.41 Å². The van der Waals surface area contributed by atoms with Gasteiger partial charge in [-0.15, -0.1) is 0 Å². The molecule has 0 N–H and O–H groups in total. The summed E-state index contributed by atoms with van der Waals surface area (Å²) in [6.07, 6.45) is 4.12. The quantitative estimate of drug-likeness (QED) is 0.739. The molecule has 1 aromatic carbocycles. The molecule has 0 saturated heterocycles. The summed E-state index contributed by atoms with van der Waals surface area (Å²) in [6.45, 7) is 12.2. The minimum Gasteiger partial charge on any atom is -0.299 e. The van der Waals surface area contributed by atoms with Gasteiger partial charge in [-0.05, 0) is 54.2 Å². The summed E-state index contributed by atoms with van der Waals surface area (Å²) in [6, 6.07) is 6.35. The Morgan fingerprint density at radius 2 is 1.83 bits per heavy atom. The van der Waals surface area contributed by atoms with E-state index in [1.165, 1.54) is 22.3 Å². The van der Waals surface area contributed by atoms with Gasteiger partial charge in [-0.1, -0.05) is 57.5 Å². The Morgan fingerprint density at radius 1 is 1.17 bits per heavy atom. The van der Waals surface area contributed by atoms with E-state index in [0.29, 0.717) is 12.8 Å². The van der Waals surface area contributed by atoms with Gasteiger partial charge in [0.25, 0.3) is 0 Å². The molecular weight excluding hydrogens is 296 g/mol. The monoisotopic (exact) mass is 324 g/mol. The van der Waals surface area contributed by atoms with E-state index in [-0.39, 0.29) is 22.4 Å². The Kier molecular flexibility index (Phi) is 3.67. The van der Waals surface area contributed by atoms with Crippen molar-refractivity contribution < 1.29 is 9.59 Å². The molecule has 2 heteroatoms. The van der Waals surface area contributed by atoms with E-state index in [9.17, 15) is 9.59 Å². The van der Waals surface area contributed by atoms with Crippen molar-refractivity contribution in [2.24, 2.45) is 16.2 Å². The minimum atomic E-state index is -0.891. The van der Waals surface area contributed by atoms with Crippen molar-refractivity contribution in [3.05, 3.63) is 40.5 Å². The molecule has 1 unspecified atom stereocenters. The third-order valence-electron chi connectivity index (χ3n) is 7.11. The summed E-state index contributed by atoms with van der Waals surface area (Å²) in [5.74, 6) is 0.148. The summed E-state index contributed by atoms with van der Waals surface area (Å²) in [5, 5.41) is 0. The lowest BCUT2D eigenvalue weighted by atomic mass is 9.56. The number of allylic oxidation sites excluding steroid dienone is 1. The predicted octanol–water partition coefficient (Wildman–Crippen LogP) is 4.93. The molecular formula is C22H28O2. The summed E-state index contributed by atoms with van der Waals surface area (Å²) >= 11 is 0. The van der Waals surface area contributed by atoms with Crippen LogP contribution in [0.2, 0.25) is 0 Å². The van der Waals surface area contributed by atoms with Gasteiger partial charge in [0.15, 0.2) is 0 Å². The highest BCUT2D eigenvalue weighted by atomic mass is 16.2. The van der Waals surface area contributed by atoms with Crippen LogP contribution in [0.5, 0.6) is 0 Å². The average molecular weight is 324 g/mol. The van der Waals surface area contributed by atoms with E-state index in [1.54, 1.807) is 6.92 Å². The predicted molar refractivity (Wildman–Crippen MR) is 97.8 cm³/mol. The van der Waals surface area contributed by atoms with Crippen LogP contribution in [0.4, 0.5) is 0 Å². The normalized spacial score (nSPS) is 27.1. The molecule has 0 radical (unpaired) electrons. The fourth-order valence-corrected chi connectivity index (χ4v) is 4.84. The van der Waals surface area contributed by atoms with Crippen LogP contribution in [0.15, 0.2) is 23.8 Å². The first-order chi connectivity index (χ1) is 11.0. The number of rotatable bonds is 3. The first kappa shape index (κ1) is 17.1. The Labute approximate surface area is 145 Å². The molecule has 0 aromatic heterocycles. The van der Waals surface area contributed by atoms with E-state index >= 15 is 0 Å². The number of ketones is 2. The van der Waals surface area contributed by atoms with Gasteiger partial charge >= 0.3 is 0 Å². The zero-order valence-electron chi connectivity index (χ0n) is 15.7. The van der Waals surface area contributed by atoms with Gasteiger partial charge in [0, 0.05) is 6.42 Å². The topological polar surface area (TPSA) is 34.1 Å². The fraction of sp³-hybridized carbons (Fsp3) is 0.545. The smallest absolute Gasteiger partial charge is 0.147 e. The Balaban J connectivity index is 2.04. The van der Waals surface area contributed by atoms with Gasteiger partial charge in [-0.2, -0.15) is 0 Å². The van der Waals surface area contributed by atoms with Crippen LogP contribution in [-0.2, 0) is 16.0 Å². The van der Waals surface area contributed by atoms with Crippen LogP contribution in [0, 0.1) is 23.2 Å². The molecule has 2 aliphatic carbocycles. The minimum absolute atomic E-state index is 0.0247. The Bertz CT molecular complexity index is 764. The zero-order chi connectivity index (χ0) is 17.9. The van der Waals surface area contributed by atoms with E-state index in [1.807, 2.05) is 0 Å². The lowest BCUT2D eigenvalue weighted by Gasteiger charge is -2.45. The number of fused-ring (bicyclic) bond motifs is 1. The molecule has 24 heavy (non-hydrogen) atoms. The first-order valence-electron chi connectivity index (χ1n) is 8.85. The van der Waals surface area contributed by atoms with Gasteiger partial charge in [0.05, 0.1) is 5.41 Å². The highest BCUT2D eigenvalue weighted by Crippen LogP contribution is 2.63. The van der Waals surface area contributed by atoms with Crippen molar-refractivity contribution >= 4 is 17.6 Å². The van der Waals surface area contributed by atoms with E-state index in [0.717, 1.165) is 6.42 Å². The summed E-state index contributed by atoms with van der Waals surface area (Å²) in [7, 11) is 0. The first-order valence-corrected chi connectivity index (χ1v) is 8.85. The van der Waals surface area contributed by atoms with Crippen molar-refractivity contribution in [2.75, 3.05) is 0 Å². The number of carbonyl (C=O) groups excluding carboxylic acids is 2. The van der Waals surface area contributed by atoms with Crippen molar-refractivity contribution in [2.45, 2.75) is 60.8 Å².